The molecule has 0 heterocycles. The molecular formula is C48H84. The summed E-state index contributed by atoms with van der Waals surface area (Å²) < 4.78 is 0. The second-order valence-corrected chi connectivity index (χ2v) is 17.5. The molecule has 3 rings (SSSR count). The molecule has 0 amide bonds. The van der Waals surface area contributed by atoms with Gasteiger partial charge in [-0.3, -0.25) is 0 Å². The molecular weight excluding hydrogens is 577 g/mol. The molecule has 0 bridgehead atoms. The van der Waals surface area contributed by atoms with Crippen molar-refractivity contribution in [3.63, 3.8) is 0 Å². The molecule has 3 atom stereocenters. The Balaban J connectivity index is 1.22. The van der Waals surface area contributed by atoms with Crippen LogP contribution in [0.1, 0.15) is 226 Å². The zero-order chi connectivity index (χ0) is 34.0. The number of hydrogen-bond donors (Lipinski definition) is 0. The summed E-state index contributed by atoms with van der Waals surface area (Å²) in [6, 6.07) is 0. The molecule has 3 aliphatic rings. The molecule has 48 heavy (non-hydrogen) atoms. The first kappa shape index (κ1) is 41.4. The summed E-state index contributed by atoms with van der Waals surface area (Å²) in [5.74, 6) is 3.21. The summed E-state index contributed by atoms with van der Waals surface area (Å²) in [4.78, 5) is 0. The molecule has 0 saturated heterocycles. The summed E-state index contributed by atoms with van der Waals surface area (Å²) in [5.41, 5.74) is 1.51. The van der Waals surface area contributed by atoms with Crippen LogP contribution in [0.3, 0.4) is 0 Å². The van der Waals surface area contributed by atoms with Crippen LogP contribution in [-0.4, -0.2) is 0 Å². The average Bonchev–Trinajstić information content (AvgIpc) is 3.58. The van der Waals surface area contributed by atoms with E-state index in [2.05, 4.69) is 69.4 Å². The molecule has 0 heteroatoms. The molecule has 0 nitrogen and oxygen atoms in total. The Morgan fingerprint density at radius 2 is 0.792 bits per heavy atom. The topological polar surface area (TPSA) is 0 Å². The van der Waals surface area contributed by atoms with Gasteiger partial charge in [-0.15, -0.1) is 0 Å². The molecule has 0 radical (unpaired) electrons. The predicted molar refractivity (Wildman–Crippen MR) is 217 cm³/mol. The zero-order valence-electron chi connectivity index (χ0n) is 33.0. The highest BCUT2D eigenvalue weighted by Crippen LogP contribution is 2.70. The standard InChI is InChI=1S/C48H84/c1-4-6-8-10-12-14-16-18-20-22-24-26-28-30-32-34-36-47(42-48(43-47)40-45-38-44(3)39-46(45)41-48)37-35-33-31-29-27-25-23-21-19-17-15-13-11-9-7-5-2/h12-15,18-21,44-46H,4-11,16-17,22-43H2,1-3H3/b14-12-,15-13-,20-18-,21-19-/t44?,45-,46+. The van der Waals surface area contributed by atoms with E-state index >= 15 is 0 Å². The normalized spacial score (nSPS) is 23.1. The minimum Gasteiger partial charge on any atom is -0.0882 e. The summed E-state index contributed by atoms with van der Waals surface area (Å²) in [6.07, 6.45) is 64.7. The van der Waals surface area contributed by atoms with Crippen LogP contribution >= 0.6 is 0 Å². The van der Waals surface area contributed by atoms with E-state index in [-0.39, 0.29) is 0 Å². The molecule has 3 fully saturated rings. The monoisotopic (exact) mass is 661 g/mol. The first-order valence-corrected chi connectivity index (χ1v) is 22.2. The highest BCUT2D eigenvalue weighted by Gasteiger charge is 2.59. The first-order valence-electron chi connectivity index (χ1n) is 22.2. The molecule has 1 unspecified atom stereocenters. The van der Waals surface area contributed by atoms with Crippen molar-refractivity contribution in [2.24, 2.45) is 28.6 Å². The van der Waals surface area contributed by atoms with Crippen LogP contribution in [0.15, 0.2) is 48.6 Å². The van der Waals surface area contributed by atoms with E-state index in [1.54, 1.807) is 51.4 Å². The van der Waals surface area contributed by atoms with Crippen LogP contribution in [0.25, 0.3) is 0 Å². The van der Waals surface area contributed by atoms with Crippen LogP contribution in [0.5, 0.6) is 0 Å². The van der Waals surface area contributed by atoms with Gasteiger partial charge in [0.15, 0.2) is 0 Å². The van der Waals surface area contributed by atoms with Crippen molar-refractivity contribution >= 4 is 0 Å². The Kier molecular flexibility index (Phi) is 22.3. The third-order valence-corrected chi connectivity index (χ3v) is 12.8. The van der Waals surface area contributed by atoms with Crippen LogP contribution in [0, 0.1) is 28.6 Å². The minimum atomic E-state index is 0.731. The smallest absolute Gasteiger partial charge is 0.0169 e. The number of rotatable bonds is 30. The van der Waals surface area contributed by atoms with Crippen molar-refractivity contribution in [2.45, 2.75) is 226 Å². The lowest BCUT2D eigenvalue weighted by molar-refractivity contribution is -0.0582. The largest absolute Gasteiger partial charge is 0.0882 e. The Morgan fingerprint density at radius 3 is 1.19 bits per heavy atom. The van der Waals surface area contributed by atoms with Crippen molar-refractivity contribution in [2.75, 3.05) is 0 Å². The van der Waals surface area contributed by atoms with Gasteiger partial charge in [-0.25, -0.2) is 0 Å². The number of allylic oxidation sites excluding steroid dienone is 8. The van der Waals surface area contributed by atoms with E-state index in [9.17, 15) is 0 Å². The van der Waals surface area contributed by atoms with Crippen LogP contribution in [0.4, 0.5) is 0 Å². The van der Waals surface area contributed by atoms with E-state index in [1.165, 1.54) is 141 Å². The average molecular weight is 661 g/mol. The lowest BCUT2D eigenvalue weighted by Gasteiger charge is -2.57. The van der Waals surface area contributed by atoms with E-state index in [0.717, 1.165) is 41.4 Å². The van der Waals surface area contributed by atoms with Gasteiger partial charge in [0, 0.05) is 0 Å². The van der Waals surface area contributed by atoms with E-state index in [1.807, 2.05) is 0 Å². The van der Waals surface area contributed by atoms with E-state index in [4.69, 9.17) is 0 Å². The summed E-state index contributed by atoms with van der Waals surface area (Å²) in [7, 11) is 0. The second kappa shape index (κ2) is 25.8. The van der Waals surface area contributed by atoms with Gasteiger partial charge in [-0.2, -0.15) is 0 Å². The van der Waals surface area contributed by atoms with Crippen LogP contribution in [-0.2, 0) is 0 Å². The van der Waals surface area contributed by atoms with Crippen molar-refractivity contribution < 1.29 is 0 Å². The van der Waals surface area contributed by atoms with Gasteiger partial charge in [0.2, 0.25) is 0 Å². The van der Waals surface area contributed by atoms with Crippen molar-refractivity contribution in [3.8, 4) is 0 Å². The van der Waals surface area contributed by atoms with Crippen molar-refractivity contribution in [3.05, 3.63) is 48.6 Å². The maximum atomic E-state index is 2.52. The number of unbranched alkanes of at least 4 members (excludes halogenated alkanes) is 18. The van der Waals surface area contributed by atoms with Gasteiger partial charge in [0.05, 0.1) is 0 Å². The van der Waals surface area contributed by atoms with E-state index in [0.29, 0.717) is 0 Å². The molecule has 0 aromatic heterocycles. The Morgan fingerprint density at radius 1 is 0.438 bits per heavy atom. The van der Waals surface area contributed by atoms with Crippen molar-refractivity contribution in [1.82, 2.24) is 0 Å². The molecule has 0 aromatic carbocycles. The van der Waals surface area contributed by atoms with Gasteiger partial charge < -0.3 is 0 Å². The fourth-order valence-corrected chi connectivity index (χ4v) is 10.5. The maximum absolute atomic E-state index is 2.52. The van der Waals surface area contributed by atoms with Gasteiger partial charge in [0.1, 0.15) is 0 Å². The van der Waals surface area contributed by atoms with Crippen molar-refractivity contribution in [1.29, 1.82) is 0 Å². The highest BCUT2D eigenvalue weighted by atomic mass is 14.6. The quantitative estimate of drug-likeness (QED) is 0.0531. The number of fused-ring (bicyclic) bond motifs is 1. The summed E-state index contributed by atoms with van der Waals surface area (Å²) in [5, 5.41) is 0. The lowest BCUT2D eigenvalue weighted by atomic mass is 9.48. The highest BCUT2D eigenvalue weighted by molar-refractivity contribution is 5.09. The van der Waals surface area contributed by atoms with Gasteiger partial charge in [-0.1, -0.05) is 159 Å². The van der Waals surface area contributed by atoms with Gasteiger partial charge >= 0.3 is 0 Å². The maximum Gasteiger partial charge on any atom is -0.0169 e. The number of hydrogen-bond acceptors (Lipinski definition) is 0. The lowest BCUT2D eigenvalue weighted by Crippen LogP contribution is -2.45. The summed E-state index contributed by atoms with van der Waals surface area (Å²) >= 11 is 0. The Labute approximate surface area is 302 Å². The third kappa shape index (κ3) is 17.3. The zero-order valence-corrected chi connectivity index (χ0v) is 33.0. The third-order valence-electron chi connectivity index (χ3n) is 12.8. The fraction of sp³-hybridized carbons (Fsp3) is 0.833. The van der Waals surface area contributed by atoms with Gasteiger partial charge in [-0.05, 0) is 144 Å². The minimum absolute atomic E-state index is 0.731. The summed E-state index contributed by atoms with van der Waals surface area (Å²) in [6.45, 7) is 7.09. The molecule has 0 aliphatic heterocycles. The molecule has 276 valence electrons. The molecule has 1 spiro atoms. The molecule has 0 N–H and O–H groups in total. The first-order chi connectivity index (χ1) is 23.6. The second-order valence-electron chi connectivity index (χ2n) is 17.5. The Hall–Kier alpha value is -1.04. The molecule has 0 aromatic rings. The SMILES string of the molecule is CCCCC/C=C\C/C=C\CCCCCCCCC1(CCCCCCCC/C=C\C/C=C\CCCCC)CC2(C[C@H]3CC(C)C[C@H]3C2)C1. The Bertz CT molecular complexity index is 812. The van der Waals surface area contributed by atoms with Crippen LogP contribution < -0.4 is 0 Å². The predicted octanol–water partition coefficient (Wildman–Crippen LogP) is 16.6. The molecule has 3 saturated carbocycles. The van der Waals surface area contributed by atoms with Crippen LogP contribution in [0.2, 0.25) is 0 Å². The molecule has 3 aliphatic carbocycles. The fourth-order valence-electron chi connectivity index (χ4n) is 10.5. The van der Waals surface area contributed by atoms with Gasteiger partial charge in [0.25, 0.3) is 0 Å². The van der Waals surface area contributed by atoms with E-state index < -0.39 is 0 Å².